The zero-order valence-electron chi connectivity index (χ0n) is 12.8. The minimum Gasteiger partial charge on any atom is -0.360 e. The maximum absolute atomic E-state index is 4.44. The van der Waals surface area contributed by atoms with E-state index >= 15 is 0 Å². The Bertz CT molecular complexity index is 734. The molecule has 0 radical (unpaired) electrons. The van der Waals surface area contributed by atoms with Crippen molar-refractivity contribution >= 4 is 23.0 Å². The van der Waals surface area contributed by atoms with Gasteiger partial charge >= 0.3 is 0 Å². The number of nitrogens with zero attached hydrogens (tertiary/aromatic N) is 5. The minimum atomic E-state index is 0.692. The molecule has 22 heavy (non-hydrogen) atoms. The second-order valence-corrected chi connectivity index (χ2v) is 6.16. The van der Waals surface area contributed by atoms with Crippen molar-refractivity contribution in [2.75, 3.05) is 30.9 Å². The van der Waals surface area contributed by atoms with Crippen molar-refractivity contribution in [3.8, 4) is 10.6 Å². The second kappa shape index (κ2) is 6.15. The molecule has 0 aromatic carbocycles. The van der Waals surface area contributed by atoms with Gasteiger partial charge in [0.2, 0.25) is 0 Å². The molecule has 0 aliphatic carbocycles. The Balaban J connectivity index is 1.79. The van der Waals surface area contributed by atoms with Gasteiger partial charge in [0, 0.05) is 33.5 Å². The molecule has 3 aromatic rings. The largest absolute Gasteiger partial charge is 0.360 e. The SMILES string of the molecule is CN(C)c1nccnc1N(C)Cc1cc(-c2cccs2)n[nH]1. The fourth-order valence-electron chi connectivity index (χ4n) is 2.23. The molecule has 3 aromatic heterocycles. The Morgan fingerprint density at radius 3 is 2.59 bits per heavy atom. The molecule has 1 N–H and O–H groups in total. The van der Waals surface area contributed by atoms with Gasteiger partial charge in [-0.25, -0.2) is 9.97 Å². The van der Waals surface area contributed by atoms with E-state index in [0.29, 0.717) is 6.54 Å². The van der Waals surface area contributed by atoms with E-state index in [1.54, 1.807) is 23.7 Å². The van der Waals surface area contributed by atoms with E-state index in [2.05, 4.69) is 42.6 Å². The molecule has 0 fully saturated rings. The number of thiophene rings is 1. The molecule has 0 bridgehead atoms. The van der Waals surface area contributed by atoms with Crippen molar-refractivity contribution in [1.82, 2.24) is 20.2 Å². The molecule has 0 amide bonds. The normalized spacial score (nSPS) is 10.7. The van der Waals surface area contributed by atoms with Gasteiger partial charge in [0.15, 0.2) is 11.6 Å². The number of nitrogens with one attached hydrogen (secondary N) is 1. The number of aromatic nitrogens is 4. The number of aromatic amines is 1. The summed E-state index contributed by atoms with van der Waals surface area (Å²) < 4.78 is 0. The van der Waals surface area contributed by atoms with Crippen LogP contribution < -0.4 is 9.80 Å². The number of rotatable bonds is 5. The molecule has 0 saturated heterocycles. The lowest BCUT2D eigenvalue weighted by Gasteiger charge is -2.22. The molecule has 0 unspecified atom stereocenters. The summed E-state index contributed by atoms with van der Waals surface area (Å²) >= 11 is 1.69. The van der Waals surface area contributed by atoms with E-state index in [9.17, 15) is 0 Å². The third-order valence-electron chi connectivity index (χ3n) is 3.26. The average molecular weight is 314 g/mol. The summed E-state index contributed by atoms with van der Waals surface area (Å²) in [6.07, 6.45) is 3.42. The Morgan fingerprint density at radius 2 is 1.91 bits per heavy atom. The highest BCUT2D eigenvalue weighted by molar-refractivity contribution is 7.13. The van der Waals surface area contributed by atoms with Crippen LogP contribution in [0.3, 0.4) is 0 Å². The third kappa shape index (κ3) is 2.94. The van der Waals surface area contributed by atoms with E-state index in [1.807, 2.05) is 32.1 Å². The number of hydrogen-bond acceptors (Lipinski definition) is 6. The van der Waals surface area contributed by atoms with E-state index in [1.165, 1.54) is 4.88 Å². The van der Waals surface area contributed by atoms with Gasteiger partial charge in [-0.15, -0.1) is 11.3 Å². The summed E-state index contributed by atoms with van der Waals surface area (Å²) in [6, 6.07) is 6.18. The standard InChI is InChI=1S/C15H18N6S/c1-20(2)14-15(17-7-6-16-14)21(3)10-11-9-12(19-18-11)13-5-4-8-22-13/h4-9H,10H2,1-3H3,(H,18,19). The predicted octanol–water partition coefficient (Wildman–Crippen LogP) is 2.63. The smallest absolute Gasteiger partial charge is 0.172 e. The van der Waals surface area contributed by atoms with E-state index < -0.39 is 0 Å². The van der Waals surface area contributed by atoms with Crippen LogP contribution in [0.1, 0.15) is 5.69 Å². The monoisotopic (exact) mass is 314 g/mol. The van der Waals surface area contributed by atoms with Crippen molar-refractivity contribution in [2.45, 2.75) is 6.54 Å². The average Bonchev–Trinajstić information content (AvgIpc) is 3.17. The van der Waals surface area contributed by atoms with Crippen molar-refractivity contribution in [1.29, 1.82) is 0 Å². The lowest BCUT2D eigenvalue weighted by atomic mass is 10.3. The molecule has 114 valence electrons. The molecule has 0 aliphatic heterocycles. The minimum absolute atomic E-state index is 0.692. The summed E-state index contributed by atoms with van der Waals surface area (Å²) in [5.41, 5.74) is 2.02. The zero-order valence-corrected chi connectivity index (χ0v) is 13.6. The van der Waals surface area contributed by atoms with E-state index in [-0.39, 0.29) is 0 Å². The van der Waals surface area contributed by atoms with Gasteiger partial charge in [0.25, 0.3) is 0 Å². The predicted molar refractivity (Wildman–Crippen MR) is 90.4 cm³/mol. The zero-order chi connectivity index (χ0) is 15.5. The Kier molecular flexibility index (Phi) is 4.06. The highest BCUT2D eigenvalue weighted by Crippen LogP contribution is 2.25. The van der Waals surface area contributed by atoms with Crippen LogP contribution in [-0.2, 0) is 6.54 Å². The van der Waals surface area contributed by atoms with Crippen LogP contribution in [-0.4, -0.2) is 41.3 Å². The van der Waals surface area contributed by atoms with Gasteiger partial charge in [-0.1, -0.05) is 6.07 Å². The molecule has 7 heteroatoms. The molecule has 0 atom stereocenters. The van der Waals surface area contributed by atoms with Crippen molar-refractivity contribution in [2.24, 2.45) is 0 Å². The molecule has 0 saturated carbocycles. The van der Waals surface area contributed by atoms with Crippen molar-refractivity contribution in [3.63, 3.8) is 0 Å². The van der Waals surface area contributed by atoms with E-state index in [0.717, 1.165) is 23.0 Å². The molecular formula is C15H18N6S. The van der Waals surface area contributed by atoms with Crippen LogP contribution in [0.2, 0.25) is 0 Å². The first-order valence-corrected chi connectivity index (χ1v) is 7.80. The number of hydrogen-bond donors (Lipinski definition) is 1. The first kappa shape index (κ1) is 14.5. The molecule has 0 spiro atoms. The van der Waals surface area contributed by atoms with Crippen LogP contribution in [0.15, 0.2) is 36.0 Å². The quantitative estimate of drug-likeness (QED) is 0.784. The summed E-state index contributed by atoms with van der Waals surface area (Å²) in [4.78, 5) is 14.0. The number of anilines is 2. The van der Waals surface area contributed by atoms with E-state index in [4.69, 9.17) is 0 Å². The maximum Gasteiger partial charge on any atom is 0.172 e. The fraction of sp³-hybridized carbons (Fsp3) is 0.267. The van der Waals surface area contributed by atoms with Gasteiger partial charge in [-0.3, -0.25) is 5.10 Å². The lowest BCUT2D eigenvalue weighted by molar-refractivity contribution is 0.843. The van der Waals surface area contributed by atoms with Crippen LogP contribution >= 0.6 is 11.3 Å². The third-order valence-corrected chi connectivity index (χ3v) is 4.15. The summed E-state index contributed by atoms with van der Waals surface area (Å²) in [6.45, 7) is 0.692. The Hall–Kier alpha value is -2.41. The fourth-order valence-corrected chi connectivity index (χ4v) is 2.92. The highest BCUT2D eigenvalue weighted by Gasteiger charge is 2.13. The topological polar surface area (TPSA) is 60.9 Å². The molecule has 0 aliphatic rings. The van der Waals surface area contributed by atoms with Gasteiger partial charge in [-0.2, -0.15) is 5.10 Å². The lowest BCUT2D eigenvalue weighted by Crippen LogP contribution is -2.22. The van der Waals surface area contributed by atoms with Gasteiger partial charge < -0.3 is 9.80 Å². The van der Waals surface area contributed by atoms with Crippen LogP contribution in [0.25, 0.3) is 10.6 Å². The Morgan fingerprint density at radius 1 is 1.14 bits per heavy atom. The van der Waals surface area contributed by atoms with Gasteiger partial charge in [-0.05, 0) is 17.5 Å². The number of H-pyrrole nitrogens is 1. The summed E-state index contributed by atoms with van der Waals surface area (Å²) in [5.74, 6) is 1.70. The molecule has 3 heterocycles. The highest BCUT2D eigenvalue weighted by atomic mass is 32.1. The summed E-state index contributed by atoms with van der Waals surface area (Å²) in [7, 11) is 5.93. The maximum atomic E-state index is 4.44. The van der Waals surface area contributed by atoms with Crippen molar-refractivity contribution < 1.29 is 0 Å². The second-order valence-electron chi connectivity index (χ2n) is 5.21. The first-order valence-electron chi connectivity index (χ1n) is 6.93. The van der Waals surface area contributed by atoms with Crippen molar-refractivity contribution in [3.05, 3.63) is 41.7 Å². The molecular weight excluding hydrogens is 296 g/mol. The Labute approximate surface area is 133 Å². The molecule has 6 nitrogen and oxygen atoms in total. The first-order chi connectivity index (χ1) is 10.6. The van der Waals surface area contributed by atoms with Crippen LogP contribution in [0.4, 0.5) is 11.6 Å². The van der Waals surface area contributed by atoms with Crippen LogP contribution in [0.5, 0.6) is 0 Å². The molecule has 3 rings (SSSR count). The summed E-state index contributed by atoms with van der Waals surface area (Å²) in [5, 5.41) is 9.53. The van der Waals surface area contributed by atoms with Crippen LogP contribution in [0, 0.1) is 0 Å². The van der Waals surface area contributed by atoms with Gasteiger partial charge in [0.05, 0.1) is 17.1 Å². The van der Waals surface area contributed by atoms with Gasteiger partial charge in [0.1, 0.15) is 5.69 Å².